The smallest absolute Gasteiger partial charge is 0.255 e. The highest BCUT2D eigenvalue weighted by atomic mass is 35.5. The van der Waals surface area contributed by atoms with E-state index in [0.29, 0.717) is 24.4 Å². The Labute approximate surface area is 187 Å². The molecule has 1 aromatic carbocycles. The van der Waals surface area contributed by atoms with Crippen molar-refractivity contribution in [2.24, 2.45) is 0 Å². The van der Waals surface area contributed by atoms with E-state index in [2.05, 4.69) is 15.2 Å². The normalized spacial score (nSPS) is 14.4. The van der Waals surface area contributed by atoms with Crippen LogP contribution in [0.25, 0.3) is 6.08 Å². The number of hydrogen-bond acceptors (Lipinski definition) is 4. The lowest BCUT2D eigenvalue weighted by molar-refractivity contribution is 0.0949. The Morgan fingerprint density at radius 2 is 2.06 bits per heavy atom. The van der Waals surface area contributed by atoms with Crippen LogP contribution < -0.4 is 5.32 Å². The molecule has 5 nitrogen and oxygen atoms in total. The summed E-state index contributed by atoms with van der Waals surface area (Å²) < 4.78 is 5.24. The minimum Gasteiger partial charge on any atom is -0.469 e. The number of hydrogen-bond donors (Lipinski definition) is 1. The SMILES string of the molecule is Cc1ncc2c(c1CNC(=O)c1ccoc1C)CCN(CC(Cl)=Cc1ccccc1)C2. The predicted octanol–water partition coefficient (Wildman–Crippen LogP) is 4.86. The summed E-state index contributed by atoms with van der Waals surface area (Å²) in [6, 6.07) is 11.8. The van der Waals surface area contributed by atoms with Gasteiger partial charge in [-0.15, -0.1) is 0 Å². The van der Waals surface area contributed by atoms with E-state index >= 15 is 0 Å². The molecule has 0 saturated carbocycles. The van der Waals surface area contributed by atoms with Crippen LogP contribution in [0.1, 0.15) is 44.1 Å². The van der Waals surface area contributed by atoms with Crippen molar-refractivity contribution in [2.75, 3.05) is 13.1 Å². The zero-order chi connectivity index (χ0) is 21.8. The summed E-state index contributed by atoms with van der Waals surface area (Å²) in [5.41, 5.74) is 6.23. The predicted molar refractivity (Wildman–Crippen MR) is 123 cm³/mol. The first-order chi connectivity index (χ1) is 15.0. The second kappa shape index (κ2) is 9.50. The van der Waals surface area contributed by atoms with E-state index in [1.807, 2.05) is 49.5 Å². The maximum absolute atomic E-state index is 12.5. The molecule has 1 aliphatic rings. The highest BCUT2D eigenvalue weighted by Crippen LogP contribution is 2.25. The zero-order valence-corrected chi connectivity index (χ0v) is 18.6. The lowest BCUT2D eigenvalue weighted by Crippen LogP contribution is -2.33. The third-order valence-electron chi connectivity index (χ3n) is 5.70. The number of fused-ring (bicyclic) bond motifs is 1. The van der Waals surface area contributed by atoms with E-state index in [1.54, 1.807) is 13.0 Å². The van der Waals surface area contributed by atoms with Gasteiger partial charge in [0.2, 0.25) is 0 Å². The third kappa shape index (κ3) is 5.06. The van der Waals surface area contributed by atoms with E-state index in [4.69, 9.17) is 16.0 Å². The molecule has 0 unspecified atom stereocenters. The Morgan fingerprint density at radius 3 is 2.81 bits per heavy atom. The third-order valence-corrected chi connectivity index (χ3v) is 5.93. The molecule has 0 atom stereocenters. The number of nitrogens with one attached hydrogen (secondary N) is 1. The van der Waals surface area contributed by atoms with Crippen LogP contribution in [0.2, 0.25) is 0 Å². The van der Waals surface area contributed by atoms with Crippen molar-refractivity contribution in [3.8, 4) is 0 Å². The number of carbonyl (C=O) groups is 1. The zero-order valence-electron chi connectivity index (χ0n) is 17.8. The molecule has 0 radical (unpaired) electrons. The van der Waals surface area contributed by atoms with Crippen molar-refractivity contribution in [3.63, 3.8) is 0 Å². The highest BCUT2D eigenvalue weighted by molar-refractivity contribution is 6.31. The van der Waals surface area contributed by atoms with Crippen LogP contribution >= 0.6 is 11.6 Å². The van der Waals surface area contributed by atoms with Gasteiger partial charge in [-0.25, -0.2) is 0 Å². The molecule has 160 valence electrons. The molecule has 1 amide bonds. The van der Waals surface area contributed by atoms with E-state index in [1.165, 1.54) is 17.4 Å². The van der Waals surface area contributed by atoms with Crippen LogP contribution in [0, 0.1) is 13.8 Å². The van der Waals surface area contributed by atoms with Crippen LogP contribution in [0.5, 0.6) is 0 Å². The Hall–Kier alpha value is -2.89. The molecule has 6 heteroatoms. The number of rotatable bonds is 6. The molecule has 1 aliphatic heterocycles. The molecule has 0 bridgehead atoms. The van der Waals surface area contributed by atoms with E-state index in [-0.39, 0.29) is 5.91 Å². The number of furan rings is 1. The average molecular weight is 436 g/mol. The summed E-state index contributed by atoms with van der Waals surface area (Å²) in [5, 5.41) is 3.84. The first-order valence-electron chi connectivity index (χ1n) is 10.4. The molecule has 0 saturated heterocycles. The van der Waals surface area contributed by atoms with Crippen molar-refractivity contribution in [1.29, 1.82) is 0 Å². The molecule has 0 fully saturated rings. The van der Waals surface area contributed by atoms with Gasteiger partial charge in [0.05, 0.1) is 11.8 Å². The van der Waals surface area contributed by atoms with Gasteiger partial charge < -0.3 is 9.73 Å². The van der Waals surface area contributed by atoms with Crippen molar-refractivity contribution in [3.05, 3.63) is 93.2 Å². The van der Waals surface area contributed by atoms with Gasteiger partial charge >= 0.3 is 0 Å². The fraction of sp³-hybridized carbons (Fsp3) is 0.280. The second-order valence-corrected chi connectivity index (χ2v) is 8.35. The summed E-state index contributed by atoms with van der Waals surface area (Å²) in [6.45, 7) is 6.66. The molecular formula is C25H26ClN3O2. The summed E-state index contributed by atoms with van der Waals surface area (Å²) in [7, 11) is 0. The maximum atomic E-state index is 12.5. The van der Waals surface area contributed by atoms with Gasteiger partial charge in [-0.1, -0.05) is 41.9 Å². The number of halogens is 1. The Kier molecular flexibility index (Phi) is 6.54. The Bertz CT molecular complexity index is 1110. The van der Waals surface area contributed by atoms with Gasteiger partial charge in [-0.2, -0.15) is 0 Å². The maximum Gasteiger partial charge on any atom is 0.255 e. The van der Waals surface area contributed by atoms with Gasteiger partial charge in [0.15, 0.2) is 0 Å². The van der Waals surface area contributed by atoms with E-state index < -0.39 is 0 Å². The molecule has 0 spiro atoms. The molecule has 31 heavy (non-hydrogen) atoms. The lowest BCUT2D eigenvalue weighted by Gasteiger charge is -2.30. The number of aryl methyl sites for hydroxylation is 2. The van der Waals surface area contributed by atoms with Gasteiger partial charge in [0.25, 0.3) is 5.91 Å². The first kappa shape index (κ1) is 21.3. The topological polar surface area (TPSA) is 58.4 Å². The fourth-order valence-electron chi connectivity index (χ4n) is 4.02. The standard InChI is InChI=1S/C25H26ClN3O2/c1-17-24(14-28-25(30)22-9-11-31-18(22)2)23-8-10-29(15-20(23)13-27-17)16-21(26)12-19-6-4-3-5-7-19/h3-7,9,11-13H,8,10,14-16H2,1-2H3,(H,28,30). The quantitative estimate of drug-likeness (QED) is 0.600. The number of benzene rings is 1. The van der Waals surface area contributed by atoms with E-state index in [9.17, 15) is 4.79 Å². The summed E-state index contributed by atoms with van der Waals surface area (Å²) in [6.07, 6.45) is 6.41. The minimum absolute atomic E-state index is 0.126. The average Bonchev–Trinajstić information content (AvgIpc) is 3.19. The lowest BCUT2D eigenvalue weighted by atomic mass is 9.95. The number of aromatic nitrogens is 1. The second-order valence-electron chi connectivity index (χ2n) is 7.86. The fourth-order valence-corrected chi connectivity index (χ4v) is 4.32. The largest absolute Gasteiger partial charge is 0.469 e. The number of carbonyl (C=O) groups excluding carboxylic acids is 1. The van der Waals surface area contributed by atoms with Gasteiger partial charge in [-0.05, 0) is 54.7 Å². The monoisotopic (exact) mass is 435 g/mol. The molecule has 3 heterocycles. The summed E-state index contributed by atoms with van der Waals surface area (Å²) in [4.78, 5) is 19.4. The molecule has 1 N–H and O–H groups in total. The van der Waals surface area contributed by atoms with Gasteiger partial charge in [0.1, 0.15) is 5.76 Å². The van der Waals surface area contributed by atoms with Crippen molar-refractivity contribution >= 4 is 23.6 Å². The van der Waals surface area contributed by atoms with Crippen LogP contribution in [-0.4, -0.2) is 28.9 Å². The Balaban J connectivity index is 1.44. The Morgan fingerprint density at radius 1 is 1.26 bits per heavy atom. The van der Waals surface area contributed by atoms with Crippen molar-refractivity contribution in [2.45, 2.75) is 33.4 Å². The summed E-state index contributed by atoms with van der Waals surface area (Å²) in [5.74, 6) is 0.497. The molecule has 3 aromatic rings. The number of nitrogens with zero attached hydrogens (tertiary/aromatic N) is 2. The molecular weight excluding hydrogens is 410 g/mol. The minimum atomic E-state index is -0.126. The van der Waals surface area contributed by atoms with Crippen LogP contribution in [0.4, 0.5) is 0 Å². The molecule has 4 rings (SSSR count). The van der Waals surface area contributed by atoms with Gasteiger partial charge in [0, 0.05) is 43.1 Å². The molecule has 2 aromatic heterocycles. The van der Waals surface area contributed by atoms with Crippen molar-refractivity contribution < 1.29 is 9.21 Å². The first-order valence-corrected chi connectivity index (χ1v) is 10.8. The van der Waals surface area contributed by atoms with Crippen molar-refractivity contribution in [1.82, 2.24) is 15.2 Å². The summed E-state index contributed by atoms with van der Waals surface area (Å²) >= 11 is 6.53. The van der Waals surface area contributed by atoms with E-state index in [0.717, 1.165) is 41.4 Å². The van der Waals surface area contributed by atoms with Gasteiger partial charge in [-0.3, -0.25) is 14.7 Å². The molecule has 0 aliphatic carbocycles. The van der Waals surface area contributed by atoms with Crippen LogP contribution in [0.3, 0.4) is 0 Å². The number of pyridine rings is 1. The number of amides is 1. The van der Waals surface area contributed by atoms with Crippen LogP contribution in [0.15, 0.2) is 58.3 Å². The highest BCUT2D eigenvalue weighted by Gasteiger charge is 2.22. The van der Waals surface area contributed by atoms with Crippen LogP contribution in [-0.2, 0) is 19.5 Å².